The minimum atomic E-state index is -1.22. The Kier molecular flexibility index (Phi) is 10.7. The highest BCUT2D eigenvalue weighted by Crippen LogP contribution is 2.21. The number of phenols is 1. The average Bonchev–Trinajstić information content (AvgIpc) is 3.31. The number of nitrogens with two attached hydrogens (primary N) is 1. The van der Waals surface area contributed by atoms with E-state index in [9.17, 15) is 29.4 Å². The van der Waals surface area contributed by atoms with Crippen molar-refractivity contribution in [2.45, 2.75) is 84.0 Å². The molecule has 36 heavy (non-hydrogen) atoms. The van der Waals surface area contributed by atoms with Crippen molar-refractivity contribution in [3.8, 4) is 5.75 Å². The Bertz CT molecular complexity index is 920. The zero-order chi connectivity index (χ0) is 27.0. The Balaban J connectivity index is 2.12. The number of carboxylic acids is 1. The smallest absolute Gasteiger partial charge is 0.326 e. The Morgan fingerprint density at radius 2 is 1.75 bits per heavy atom. The lowest BCUT2D eigenvalue weighted by Gasteiger charge is -2.30. The topological polar surface area (TPSA) is 162 Å². The number of rotatable bonds is 12. The van der Waals surface area contributed by atoms with Crippen LogP contribution in [0.1, 0.15) is 58.9 Å². The summed E-state index contributed by atoms with van der Waals surface area (Å²) < 4.78 is 0. The van der Waals surface area contributed by atoms with E-state index in [1.807, 2.05) is 20.8 Å². The van der Waals surface area contributed by atoms with Gasteiger partial charge < -0.3 is 31.5 Å². The summed E-state index contributed by atoms with van der Waals surface area (Å²) in [5, 5.41) is 24.4. The van der Waals surface area contributed by atoms with Crippen LogP contribution in [0.3, 0.4) is 0 Å². The van der Waals surface area contributed by atoms with E-state index in [1.54, 1.807) is 19.1 Å². The minimum absolute atomic E-state index is 0.0150. The number of carbonyl (C=O) groups is 4. The molecule has 5 unspecified atom stereocenters. The number of likely N-dealkylation sites (tertiary alicyclic amines) is 1. The predicted molar refractivity (Wildman–Crippen MR) is 135 cm³/mol. The molecule has 1 aromatic carbocycles. The Hall–Kier alpha value is -3.14. The van der Waals surface area contributed by atoms with E-state index in [-0.39, 0.29) is 29.9 Å². The van der Waals surface area contributed by atoms with Gasteiger partial charge in [-0.25, -0.2) is 4.79 Å². The van der Waals surface area contributed by atoms with E-state index < -0.39 is 42.0 Å². The third kappa shape index (κ3) is 7.94. The molecule has 1 fully saturated rings. The normalized spacial score (nSPS) is 18.8. The number of phenolic OH excluding ortho intramolecular Hbond substituents is 1. The fraction of sp³-hybridized carbons (Fsp3) is 0.615. The lowest BCUT2D eigenvalue weighted by molar-refractivity contribution is -0.143. The van der Waals surface area contributed by atoms with E-state index in [0.717, 1.165) is 0 Å². The minimum Gasteiger partial charge on any atom is -0.508 e. The number of hydrogen-bond donors (Lipinski definition) is 5. The van der Waals surface area contributed by atoms with Crippen LogP contribution in [-0.4, -0.2) is 69.5 Å². The molecule has 10 nitrogen and oxygen atoms in total. The fourth-order valence-corrected chi connectivity index (χ4v) is 4.41. The van der Waals surface area contributed by atoms with Gasteiger partial charge in [-0.05, 0) is 48.8 Å². The molecule has 10 heteroatoms. The van der Waals surface area contributed by atoms with Crippen LogP contribution in [0.15, 0.2) is 24.3 Å². The highest BCUT2D eigenvalue weighted by Gasteiger charge is 2.38. The number of hydrogen-bond acceptors (Lipinski definition) is 6. The Labute approximate surface area is 212 Å². The van der Waals surface area contributed by atoms with Crippen molar-refractivity contribution in [2.24, 2.45) is 17.6 Å². The summed E-state index contributed by atoms with van der Waals surface area (Å²) >= 11 is 0. The van der Waals surface area contributed by atoms with Gasteiger partial charge in [0.15, 0.2) is 0 Å². The number of amides is 3. The van der Waals surface area contributed by atoms with Gasteiger partial charge in [-0.2, -0.15) is 0 Å². The summed E-state index contributed by atoms with van der Waals surface area (Å²) in [5.41, 5.74) is 6.71. The van der Waals surface area contributed by atoms with Gasteiger partial charge in [0.25, 0.3) is 0 Å². The molecule has 5 atom stereocenters. The van der Waals surface area contributed by atoms with Crippen molar-refractivity contribution in [3.05, 3.63) is 29.8 Å². The molecule has 1 heterocycles. The third-order valence-electron chi connectivity index (χ3n) is 6.67. The van der Waals surface area contributed by atoms with E-state index in [1.165, 1.54) is 17.0 Å². The number of carbonyl (C=O) groups excluding carboxylic acids is 3. The highest BCUT2D eigenvalue weighted by atomic mass is 16.4. The molecule has 1 saturated heterocycles. The Morgan fingerprint density at radius 1 is 1.11 bits per heavy atom. The first kappa shape index (κ1) is 29.1. The van der Waals surface area contributed by atoms with Crippen molar-refractivity contribution in [2.75, 3.05) is 6.54 Å². The second-order valence-corrected chi connectivity index (χ2v) is 10.1. The maximum absolute atomic E-state index is 13.2. The first-order valence-corrected chi connectivity index (χ1v) is 12.6. The summed E-state index contributed by atoms with van der Waals surface area (Å²) in [6.45, 7) is 8.05. The number of nitrogens with one attached hydrogen (secondary N) is 2. The van der Waals surface area contributed by atoms with Gasteiger partial charge in [-0.15, -0.1) is 0 Å². The lowest BCUT2D eigenvalue weighted by atomic mass is 9.96. The van der Waals surface area contributed by atoms with Gasteiger partial charge in [0.2, 0.25) is 17.7 Å². The molecule has 1 aliphatic heterocycles. The molecule has 3 amide bonds. The lowest BCUT2D eigenvalue weighted by Crippen LogP contribution is -2.58. The first-order valence-electron chi connectivity index (χ1n) is 12.6. The number of nitrogens with zero attached hydrogens (tertiary/aromatic N) is 1. The van der Waals surface area contributed by atoms with Gasteiger partial charge in [0.1, 0.15) is 23.9 Å². The van der Waals surface area contributed by atoms with E-state index in [0.29, 0.717) is 37.8 Å². The van der Waals surface area contributed by atoms with Crippen LogP contribution >= 0.6 is 0 Å². The molecule has 200 valence electrons. The molecule has 0 aliphatic carbocycles. The summed E-state index contributed by atoms with van der Waals surface area (Å²) in [6, 6.07) is 2.46. The highest BCUT2D eigenvalue weighted by molar-refractivity contribution is 5.94. The molecule has 0 aromatic heterocycles. The second kappa shape index (κ2) is 13.2. The van der Waals surface area contributed by atoms with Crippen LogP contribution < -0.4 is 16.4 Å². The average molecular weight is 505 g/mol. The molecule has 0 spiro atoms. The van der Waals surface area contributed by atoms with E-state index >= 15 is 0 Å². The van der Waals surface area contributed by atoms with Crippen LogP contribution in [0.5, 0.6) is 5.75 Å². The third-order valence-corrected chi connectivity index (χ3v) is 6.67. The van der Waals surface area contributed by atoms with Gasteiger partial charge in [0, 0.05) is 13.0 Å². The molecular formula is C26H40N4O6. The zero-order valence-electron chi connectivity index (χ0n) is 21.6. The molecule has 1 aliphatic rings. The van der Waals surface area contributed by atoms with E-state index in [2.05, 4.69) is 10.6 Å². The first-order chi connectivity index (χ1) is 16.9. The Morgan fingerprint density at radius 3 is 2.31 bits per heavy atom. The number of benzene rings is 1. The van der Waals surface area contributed by atoms with Crippen LogP contribution in [0.4, 0.5) is 0 Å². The molecule has 0 radical (unpaired) electrons. The summed E-state index contributed by atoms with van der Waals surface area (Å²) in [7, 11) is 0. The molecule has 0 bridgehead atoms. The van der Waals surface area contributed by atoms with Crippen molar-refractivity contribution in [1.82, 2.24) is 15.5 Å². The van der Waals surface area contributed by atoms with Gasteiger partial charge in [-0.1, -0.05) is 46.2 Å². The predicted octanol–water partition coefficient (Wildman–Crippen LogP) is 1.40. The summed E-state index contributed by atoms with van der Waals surface area (Å²) in [4.78, 5) is 52.6. The van der Waals surface area contributed by atoms with Crippen molar-refractivity contribution in [3.63, 3.8) is 0 Å². The largest absolute Gasteiger partial charge is 0.508 e. The van der Waals surface area contributed by atoms with Crippen molar-refractivity contribution >= 4 is 23.7 Å². The van der Waals surface area contributed by atoms with Gasteiger partial charge in [0.05, 0.1) is 6.04 Å². The van der Waals surface area contributed by atoms with Crippen LogP contribution in [0.25, 0.3) is 0 Å². The molecular weight excluding hydrogens is 464 g/mol. The molecule has 2 rings (SSSR count). The molecule has 6 N–H and O–H groups in total. The van der Waals surface area contributed by atoms with Gasteiger partial charge in [-0.3, -0.25) is 14.4 Å². The van der Waals surface area contributed by atoms with Gasteiger partial charge >= 0.3 is 5.97 Å². The number of aliphatic carboxylic acids is 1. The summed E-state index contributed by atoms with van der Waals surface area (Å²) in [5.74, 6) is -2.51. The van der Waals surface area contributed by atoms with Crippen LogP contribution in [-0.2, 0) is 25.6 Å². The number of carboxylic acid groups (broad SMARTS) is 1. The van der Waals surface area contributed by atoms with Crippen LogP contribution in [0, 0.1) is 11.8 Å². The quantitative estimate of drug-likeness (QED) is 0.287. The second-order valence-electron chi connectivity index (χ2n) is 10.1. The maximum Gasteiger partial charge on any atom is 0.326 e. The van der Waals surface area contributed by atoms with E-state index in [4.69, 9.17) is 5.73 Å². The number of aromatic hydroxyl groups is 1. The van der Waals surface area contributed by atoms with Crippen LogP contribution in [0.2, 0.25) is 0 Å². The monoisotopic (exact) mass is 504 g/mol. The standard InChI is InChI=1S/C26H40N4O6/c1-5-16(4)22(24(33)28-20(26(35)36)14-17-8-10-18(31)11-9-17)29-23(32)21-7-6-12-30(21)25(34)19(27)13-15(2)3/h8-11,15-16,19-22,31H,5-7,12-14,27H2,1-4H3,(H,28,33)(H,29,32)(H,35,36). The molecule has 1 aromatic rings. The van der Waals surface area contributed by atoms with Crippen molar-refractivity contribution in [1.29, 1.82) is 0 Å². The zero-order valence-corrected chi connectivity index (χ0v) is 21.6. The molecule has 0 saturated carbocycles. The maximum atomic E-state index is 13.2. The summed E-state index contributed by atoms with van der Waals surface area (Å²) in [6.07, 6.45) is 2.23. The SMILES string of the molecule is CCC(C)C(NC(=O)C1CCCN1C(=O)C(N)CC(C)C)C(=O)NC(Cc1ccc(O)cc1)C(=O)O. The fourth-order valence-electron chi connectivity index (χ4n) is 4.41. The van der Waals surface area contributed by atoms with Crippen molar-refractivity contribution < 1.29 is 29.4 Å².